The second-order valence-electron chi connectivity index (χ2n) is 7.96. The molecule has 0 bridgehead atoms. The van der Waals surface area contributed by atoms with Gasteiger partial charge < -0.3 is 19.9 Å². The molecule has 0 unspecified atom stereocenters. The van der Waals surface area contributed by atoms with Crippen LogP contribution >= 0.6 is 22.9 Å². The van der Waals surface area contributed by atoms with E-state index >= 15 is 0 Å². The van der Waals surface area contributed by atoms with Crippen LogP contribution in [0.3, 0.4) is 0 Å². The van der Waals surface area contributed by atoms with Crippen LogP contribution in [0.5, 0.6) is 0 Å². The van der Waals surface area contributed by atoms with Crippen molar-refractivity contribution in [1.82, 2.24) is 9.88 Å². The molecule has 2 heterocycles. The predicted molar refractivity (Wildman–Crippen MR) is 137 cm³/mol. The number of morpholine rings is 1. The van der Waals surface area contributed by atoms with Gasteiger partial charge in [-0.15, -0.1) is 11.3 Å². The fraction of sp³-hybridized carbons (Fsp3) is 0.320. The topological polar surface area (TPSA) is 74.8 Å². The van der Waals surface area contributed by atoms with E-state index in [1.807, 2.05) is 56.3 Å². The molecule has 4 rings (SSSR count). The molecule has 0 aliphatic carbocycles. The maximum absolute atomic E-state index is 13.2. The van der Waals surface area contributed by atoms with Crippen LogP contribution in [0.25, 0.3) is 10.6 Å². The molecular formula is C25H27ClN4O3S. The van der Waals surface area contributed by atoms with Crippen LogP contribution in [0, 0.1) is 6.92 Å². The molecule has 2 amide bonds. The number of nitrogens with one attached hydrogen (secondary N) is 1. The van der Waals surface area contributed by atoms with E-state index in [4.69, 9.17) is 16.3 Å². The first-order valence-electron chi connectivity index (χ1n) is 11.2. The van der Waals surface area contributed by atoms with E-state index in [1.54, 1.807) is 6.07 Å². The smallest absolute Gasteiger partial charge is 0.266 e. The number of hydrogen-bond donors (Lipinski definition) is 1. The van der Waals surface area contributed by atoms with Gasteiger partial charge in [0.15, 0.2) is 0 Å². The largest absolute Gasteiger partial charge is 0.378 e. The molecule has 1 saturated heterocycles. The molecule has 178 valence electrons. The van der Waals surface area contributed by atoms with E-state index in [0.717, 1.165) is 42.6 Å². The molecule has 34 heavy (non-hydrogen) atoms. The van der Waals surface area contributed by atoms with Crippen molar-refractivity contribution < 1.29 is 14.3 Å². The number of hydrogen-bond acceptors (Lipinski definition) is 6. The molecule has 2 aromatic carbocycles. The average molecular weight is 499 g/mol. The highest BCUT2D eigenvalue weighted by molar-refractivity contribution is 7.17. The first kappa shape index (κ1) is 24.2. The van der Waals surface area contributed by atoms with E-state index in [-0.39, 0.29) is 18.4 Å². The number of halogens is 1. The molecule has 9 heteroatoms. The van der Waals surface area contributed by atoms with Crippen molar-refractivity contribution in [3.8, 4) is 10.6 Å². The summed E-state index contributed by atoms with van der Waals surface area (Å²) in [6.45, 7) is 7.19. The van der Waals surface area contributed by atoms with Crippen LogP contribution in [0.1, 0.15) is 22.3 Å². The first-order chi connectivity index (χ1) is 16.4. The van der Waals surface area contributed by atoms with E-state index in [0.29, 0.717) is 27.8 Å². The highest BCUT2D eigenvalue weighted by Crippen LogP contribution is 2.30. The van der Waals surface area contributed by atoms with Gasteiger partial charge in [-0.3, -0.25) is 9.59 Å². The number of ether oxygens (including phenoxy) is 1. The SMILES string of the molecule is CCN(CC(=O)Nc1ccc(N2CCOCC2)cc1)C(=O)c1sc(-c2cccc(Cl)c2)nc1C. The highest BCUT2D eigenvalue weighted by Gasteiger charge is 2.23. The quantitative estimate of drug-likeness (QED) is 0.510. The van der Waals surface area contributed by atoms with Gasteiger partial charge in [-0.2, -0.15) is 0 Å². The third kappa shape index (κ3) is 5.75. The summed E-state index contributed by atoms with van der Waals surface area (Å²) in [5, 5.41) is 4.23. The zero-order valence-corrected chi connectivity index (χ0v) is 20.8. The van der Waals surface area contributed by atoms with Gasteiger partial charge >= 0.3 is 0 Å². The lowest BCUT2D eigenvalue weighted by molar-refractivity contribution is -0.116. The summed E-state index contributed by atoms with van der Waals surface area (Å²) in [4.78, 5) is 34.7. The van der Waals surface area contributed by atoms with Gasteiger partial charge in [0, 0.05) is 41.6 Å². The van der Waals surface area contributed by atoms with Gasteiger partial charge in [0.25, 0.3) is 5.91 Å². The Kier molecular flexibility index (Phi) is 7.82. The maximum Gasteiger partial charge on any atom is 0.266 e. The number of nitrogens with zero attached hydrogens (tertiary/aromatic N) is 3. The summed E-state index contributed by atoms with van der Waals surface area (Å²) in [7, 11) is 0. The van der Waals surface area contributed by atoms with E-state index in [1.165, 1.54) is 16.2 Å². The number of amides is 2. The lowest BCUT2D eigenvalue weighted by atomic mass is 10.2. The molecule has 0 saturated carbocycles. The molecule has 1 aliphatic rings. The van der Waals surface area contributed by atoms with Gasteiger partial charge in [0.05, 0.1) is 18.9 Å². The van der Waals surface area contributed by atoms with Crippen molar-refractivity contribution in [3.05, 3.63) is 64.1 Å². The lowest BCUT2D eigenvalue weighted by Gasteiger charge is -2.29. The van der Waals surface area contributed by atoms with Gasteiger partial charge in [-0.25, -0.2) is 4.98 Å². The molecule has 3 aromatic rings. The second-order valence-corrected chi connectivity index (χ2v) is 9.39. The Morgan fingerprint density at radius 1 is 1.18 bits per heavy atom. The van der Waals surface area contributed by atoms with E-state index in [9.17, 15) is 9.59 Å². The Morgan fingerprint density at radius 3 is 2.59 bits per heavy atom. The van der Waals surface area contributed by atoms with Crippen molar-refractivity contribution in [2.45, 2.75) is 13.8 Å². The Balaban J connectivity index is 1.40. The molecule has 1 aliphatic heterocycles. The van der Waals surface area contributed by atoms with Crippen molar-refractivity contribution in [1.29, 1.82) is 0 Å². The summed E-state index contributed by atoms with van der Waals surface area (Å²) in [6, 6.07) is 15.1. The number of aromatic nitrogens is 1. The number of aryl methyl sites for hydroxylation is 1. The van der Waals surface area contributed by atoms with Gasteiger partial charge in [-0.1, -0.05) is 23.7 Å². The molecule has 0 radical (unpaired) electrons. The molecule has 1 N–H and O–H groups in total. The zero-order valence-electron chi connectivity index (χ0n) is 19.2. The number of carbonyl (C=O) groups is 2. The summed E-state index contributed by atoms with van der Waals surface area (Å²) < 4.78 is 5.39. The third-order valence-electron chi connectivity index (χ3n) is 5.59. The standard InChI is InChI=1S/C25H27ClN4O3S/c1-3-29(25(32)23-17(2)27-24(34-23)18-5-4-6-19(26)15-18)16-22(31)28-20-7-9-21(10-8-20)30-11-13-33-14-12-30/h4-10,15H,3,11-14,16H2,1-2H3,(H,28,31). The minimum Gasteiger partial charge on any atom is -0.378 e. The summed E-state index contributed by atoms with van der Waals surface area (Å²) in [5.41, 5.74) is 3.30. The first-order valence-corrected chi connectivity index (χ1v) is 12.4. The molecule has 1 aromatic heterocycles. The van der Waals surface area contributed by atoms with Crippen LogP contribution in [0.15, 0.2) is 48.5 Å². The number of rotatable bonds is 7. The van der Waals surface area contributed by atoms with Crippen LogP contribution in [-0.4, -0.2) is 61.1 Å². The monoisotopic (exact) mass is 498 g/mol. The number of likely N-dealkylation sites (N-methyl/N-ethyl adjacent to an activating group) is 1. The minimum atomic E-state index is -0.244. The fourth-order valence-corrected chi connectivity index (χ4v) is 4.98. The summed E-state index contributed by atoms with van der Waals surface area (Å²) in [5.74, 6) is -0.449. The van der Waals surface area contributed by atoms with Crippen LogP contribution in [0.4, 0.5) is 11.4 Å². The van der Waals surface area contributed by atoms with Gasteiger partial charge in [-0.05, 0) is 50.2 Å². The number of carbonyl (C=O) groups excluding carboxylic acids is 2. The number of benzene rings is 2. The lowest BCUT2D eigenvalue weighted by Crippen LogP contribution is -2.37. The predicted octanol–water partition coefficient (Wildman–Crippen LogP) is 4.71. The molecule has 1 fully saturated rings. The molecule has 0 atom stereocenters. The Bertz CT molecular complexity index is 1160. The van der Waals surface area contributed by atoms with Gasteiger partial charge in [0.2, 0.25) is 5.91 Å². The Hall–Kier alpha value is -2.94. The van der Waals surface area contributed by atoms with Crippen LogP contribution < -0.4 is 10.2 Å². The van der Waals surface area contributed by atoms with Crippen molar-refractivity contribution >= 4 is 46.1 Å². The Labute approximate surface area is 208 Å². The summed E-state index contributed by atoms with van der Waals surface area (Å²) >= 11 is 7.41. The van der Waals surface area contributed by atoms with Crippen molar-refractivity contribution in [3.63, 3.8) is 0 Å². The Morgan fingerprint density at radius 2 is 1.91 bits per heavy atom. The highest BCUT2D eigenvalue weighted by atomic mass is 35.5. The second kappa shape index (κ2) is 11.0. The summed E-state index contributed by atoms with van der Waals surface area (Å²) in [6.07, 6.45) is 0. The molecular weight excluding hydrogens is 472 g/mol. The van der Waals surface area contributed by atoms with E-state index in [2.05, 4.69) is 15.2 Å². The third-order valence-corrected chi connectivity index (χ3v) is 7.02. The average Bonchev–Trinajstić information content (AvgIpc) is 3.25. The fourth-order valence-electron chi connectivity index (χ4n) is 3.76. The molecule has 0 spiro atoms. The van der Waals surface area contributed by atoms with Crippen LogP contribution in [-0.2, 0) is 9.53 Å². The van der Waals surface area contributed by atoms with Gasteiger partial charge in [0.1, 0.15) is 16.4 Å². The normalized spacial score (nSPS) is 13.6. The number of anilines is 2. The van der Waals surface area contributed by atoms with Crippen molar-refractivity contribution in [2.75, 3.05) is 49.6 Å². The van der Waals surface area contributed by atoms with Crippen molar-refractivity contribution in [2.24, 2.45) is 0 Å². The van der Waals surface area contributed by atoms with Crippen LogP contribution in [0.2, 0.25) is 5.02 Å². The van der Waals surface area contributed by atoms with E-state index < -0.39 is 0 Å². The number of thiazole rings is 1. The maximum atomic E-state index is 13.2. The molecule has 7 nitrogen and oxygen atoms in total. The zero-order chi connectivity index (χ0) is 24.1. The minimum absolute atomic E-state index is 0.0373.